The Labute approximate surface area is 127 Å². The Hall–Kier alpha value is -2.40. The summed E-state index contributed by atoms with van der Waals surface area (Å²) in [5.41, 5.74) is 4.59. The second-order valence-electron chi connectivity index (χ2n) is 6.13. The Balaban J connectivity index is 1.65. The van der Waals surface area contributed by atoms with Gasteiger partial charge in [-0.15, -0.1) is 0 Å². The van der Waals surface area contributed by atoms with Crippen LogP contribution in [0.4, 0.5) is 0 Å². The zero-order valence-corrected chi connectivity index (χ0v) is 12.0. The molecule has 0 saturated carbocycles. The summed E-state index contributed by atoms with van der Waals surface area (Å²) >= 11 is 0. The lowest BCUT2D eigenvalue weighted by molar-refractivity contribution is 0.0556. The summed E-state index contributed by atoms with van der Waals surface area (Å²) in [6.07, 6.45) is 7.83. The van der Waals surface area contributed by atoms with E-state index in [2.05, 4.69) is 43.4 Å². The van der Waals surface area contributed by atoms with Crippen LogP contribution in [-0.2, 0) is 6.54 Å². The van der Waals surface area contributed by atoms with Gasteiger partial charge in [-0.1, -0.05) is 24.3 Å². The maximum Gasteiger partial charge on any atom is 0.101 e. The zero-order chi connectivity index (χ0) is 14.7. The van der Waals surface area contributed by atoms with Crippen molar-refractivity contribution in [2.75, 3.05) is 0 Å². The number of nitrogens with zero attached hydrogens (tertiary/aromatic N) is 4. The van der Waals surface area contributed by atoms with Crippen LogP contribution in [0.5, 0.6) is 0 Å². The molecule has 3 aromatic rings. The Morgan fingerprint density at radius 1 is 1.09 bits per heavy atom. The average Bonchev–Trinajstić information content (AvgIpc) is 3.23. The number of aryl methyl sites for hydroxylation is 1. The van der Waals surface area contributed by atoms with Gasteiger partial charge in [0.15, 0.2) is 0 Å². The molecule has 5 nitrogen and oxygen atoms in total. The van der Waals surface area contributed by atoms with Crippen molar-refractivity contribution in [3.05, 3.63) is 60.6 Å². The number of aliphatic hydroxyl groups excluding tert-OH is 1. The summed E-state index contributed by atoms with van der Waals surface area (Å²) in [5.74, 6) is 0.140. The second-order valence-corrected chi connectivity index (χ2v) is 6.13. The fourth-order valence-electron chi connectivity index (χ4n) is 4.07. The number of fused-ring (bicyclic) bond motifs is 4. The first-order valence-corrected chi connectivity index (χ1v) is 7.64. The smallest absolute Gasteiger partial charge is 0.101 e. The minimum atomic E-state index is -0.498. The van der Waals surface area contributed by atoms with Gasteiger partial charge >= 0.3 is 0 Å². The number of hydrogen-bond acceptors (Lipinski definition) is 3. The first kappa shape index (κ1) is 12.2. The molecule has 1 aromatic carbocycles. The molecule has 5 heteroatoms. The van der Waals surface area contributed by atoms with Gasteiger partial charge in [0.05, 0.1) is 42.5 Å². The molecule has 2 aliphatic heterocycles. The molecule has 0 saturated heterocycles. The van der Waals surface area contributed by atoms with Crippen molar-refractivity contribution in [3.63, 3.8) is 0 Å². The van der Waals surface area contributed by atoms with Gasteiger partial charge in [0.1, 0.15) is 6.10 Å². The molecule has 5 rings (SSSR count). The summed E-state index contributed by atoms with van der Waals surface area (Å²) in [7, 11) is 0. The number of aliphatic hydroxyl groups is 1. The number of hydrogen-bond donors (Lipinski definition) is 1. The van der Waals surface area contributed by atoms with E-state index < -0.39 is 6.10 Å². The second kappa shape index (κ2) is 4.30. The molecule has 0 fully saturated rings. The molecule has 1 N–H and O–H groups in total. The van der Waals surface area contributed by atoms with E-state index >= 15 is 0 Å². The number of rotatable bonds is 1. The van der Waals surface area contributed by atoms with Crippen molar-refractivity contribution in [3.8, 4) is 11.3 Å². The normalized spacial score (nSPS) is 25.6. The first-order chi connectivity index (χ1) is 10.8. The van der Waals surface area contributed by atoms with Crippen LogP contribution in [0, 0.1) is 5.92 Å². The lowest BCUT2D eigenvalue weighted by Gasteiger charge is -2.34. The molecule has 0 amide bonds. The maximum absolute atomic E-state index is 10.9. The molecule has 110 valence electrons. The predicted molar refractivity (Wildman–Crippen MR) is 81.1 cm³/mol. The third-order valence-electron chi connectivity index (χ3n) is 5.08. The van der Waals surface area contributed by atoms with E-state index in [1.807, 2.05) is 12.5 Å². The topological polar surface area (TPSA) is 55.9 Å². The molecule has 0 bridgehead atoms. The minimum Gasteiger partial charge on any atom is -0.386 e. The van der Waals surface area contributed by atoms with E-state index in [1.165, 1.54) is 11.1 Å². The van der Waals surface area contributed by atoms with Gasteiger partial charge in [0.25, 0.3) is 0 Å². The highest BCUT2D eigenvalue weighted by atomic mass is 16.3. The van der Waals surface area contributed by atoms with E-state index in [-0.39, 0.29) is 12.0 Å². The van der Waals surface area contributed by atoms with Crippen LogP contribution in [-0.4, -0.2) is 24.2 Å². The van der Waals surface area contributed by atoms with Crippen LogP contribution in [0.25, 0.3) is 11.3 Å². The van der Waals surface area contributed by atoms with E-state index in [0.29, 0.717) is 0 Å². The van der Waals surface area contributed by atoms with Crippen molar-refractivity contribution in [1.82, 2.24) is 19.1 Å². The van der Waals surface area contributed by atoms with Gasteiger partial charge in [0.2, 0.25) is 0 Å². The number of benzene rings is 1. The van der Waals surface area contributed by atoms with Crippen molar-refractivity contribution >= 4 is 0 Å². The van der Waals surface area contributed by atoms with Gasteiger partial charge in [-0.2, -0.15) is 0 Å². The van der Waals surface area contributed by atoms with Crippen molar-refractivity contribution in [2.45, 2.75) is 25.1 Å². The Kier molecular flexibility index (Phi) is 2.38. The van der Waals surface area contributed by atoms with Crippen LogP contribution < -0.4 is 0 Å². The molecule has 1 unspecified atom stereocenters. The molecule has 22 heavy (non-hydrogen) atoms. The van der Waals surface area contributed by atoms with Gasteiger partial charge in [-0.05, 0) is 12.0 Å². The molecule has 0 aliphatic carbocycles. The van der Waals surface area contributed by atoms with E-state index in [1.54, 1.807) is 12.5 Å². The SMILES string of the molecule is O[C@@H]1c2cncn2CC[C@H]1C1c2ccccc2-c2cncn21. The summed E-state index contributed by atoms with van der Waals surface area (Å²) < 4.78 is 4.27. The number of imidazole rings is 2. The minimum absolute atomic E-state index is 0.140. The standard InChI is InChI=1S/C17H16N4O/c22-17-13(5-6-20-9-18-8-15(17)20)16-12-4-2-1-3-11(12)14-7-19-10-21(14)16/h1-4,7-10,13,16-17,22H,5-6H2/t13-,16?,17-/m0/s1. The van der Waals surface area contributed by atoms with Crippen LogP contribution in [0.3, 0.4) is 0 Å². The highest BCUT2D eigenvalue weighted by Gasteiger charge is 2.40. The fraction of sp³-hybridized carbons (Fsp3) is 0.294. The molecule has 2 aliphatic rings. The molecule has 2 aromatic heterocycles. The third-order valence-corrected chi connectivity index (χ3v) is 5.08. The monoisotopic (exact) mass is 292 g/mol. The van der Waals surface area contributed by atoms with E-state index in [0.717, 1.165) is 24.4 Å². The number of aromatic nitrogens is 4. The first-order valence-electron chi connectivity index (χ1n) is 7.64. The molecular formula is C17H16N4O. The van der Waals surface area contributed by atoms with E-state index in [4.69, 9.17) is 0 Å². The van der Waals surface area contributed by atoms with Gasteiger partial charge in [-0.25, -0.2) is 9.97 Å². The third kappa shape index (κ3) is 1.46. The van der Waals surface area contributed by atoms with Crippen molar-refractivity contribution in [2.24, 2.45) is 5.92 Å². The summed E-state index contributed by atoms with van der Waals surface area (Å²) in [4.78, 5) is 8.49. The van der Waals surface area contributed by atoms with Crippen molar-refractivity contribution < 1.29 is 5.11 Å². The summed E-state index contributed by atoms with van der Waals surface area (Å²) in [6, 6.07) is 8.59. The fourth-order valence-corrected chi connectivity index (χ4v) is 4.07. The quantitative estimate of drug-likeness (QED) is 0.749. The van der Waals surface area contributed by atoms with Gasteiger partial charge in [-0.3, -0.25) is 0 Å². The van der Waals surface area contributed by atoms with E-state index in [9.17, 15) is 5.11 Å². The largest absolute Gasteiger partial charge is 0.386 e. The molecular weight excluding hydrogens is 276 g/mol. The van der Waals surface area contributed by atoms with Gasteiger partial charge in [0, 0.05) is 18.0 Å². The lowest BCUT2D eigenvalue weighted by Crippen LogP contribution is -2.30. The van der Waals surface area contributed by atoms with Crippen molar-refractivity contribution in [1.29, 1.82) is 0 Å². The highest BCUT2D eigenvalue weighted by Crippen LogP contribution is 2.48. The molecule has 4 heterocycles. The Bertz CT molecular complexity index is 850. The Morgan fingerprint density at radius 2 is 1.95 bits per heavy atom. The average molecular weight is 292 g/mol. The zero-order valence-electron chi connectivity index (χ0n) is 12.0. The molecule has 0 spiro atoms. The summed E-state index contributed by atoms with van der Waals surface area (Å²) in [5, 5.41) is 10.9. The maximum atomic E-state index is 10.9. The van der Waals surface area contributed by atoms with Gasteiger partial charge < -0.3 is 14.2 Å². The molecule has 3 atom stereocenters. The Morgan fingerprint density at radius 3 is 2.91 bits per heavy atom. The van der Waals surface area contributed by atoms with Crippen LogP contribution >= 0.6 is 0 Å². The van der Waals surface area contributed by atoms with Crippen LogP contribution in [0.15, 0.2) is 49.3 Å². The van der Waals surface area contributed by atoms with Crippen LogP contribution in [0.2, 0.25) is 0 Å². The molecule has 0 radical (unpaired) electrons. The van der Waals surface area contributed by atoms with Crippen LogP contribution in [0.1, 0.15) is 29.8 Å². The highest BCUT2D eigenvalue weighted by molar-refractivity contribution is 5.69. The lowest BCUT2D eigenvalue weighted by atomic mass is 9.83. The predicted octanol–water partition coefficient (Wildman–Crippen LogP) is 2.40. The summed E-state index contributed by atoms with van der Waals surface area (Å²) in [6.45, 7) is 0.903.